The van der Waals surface area contributed by atoms with E-state index >= 15 is 0 Å². The van der Waals surface area contributed by atoms with E-state index in [-0.39, 0.29) is 18.4 Å². The zero-order chi connectivity index (χ0) is 14.6. The molecule has 20 heavy (non-hydrogen) atoms. The second kappa shape index (κ2) is 6.84. The molecule has 8 heteroatoms. The van der Waals surface area contributed by atoms with E-state index < -0.39 is 10.2 Å². The van der Waals surface area contributed by atoms with E-state index in [2.05, 4.69) is 0 Å². The Kier molecular flexibility index (Phi) is 5.36. The summed E-state index contributed by atoms with van der Waals surface area (Å²) in [5, 5.41) is 0. The van der Waals surface area contributed by atoms with Crippen LogP contribution < -0.4 is 0 Å². The normalized spacial score (nSPS) is 26.4. The van der Waals surface area contributed by atoms with Gasteiger partial charge < -0.3 is 9.47 Å². The fourth-order valence-electron chi connectivity index (χ4n) is 2.55. The molecule has 0 saturated carbocycles. The van der Waals surface area contributed by atoms with Crippen LogP contribution in [0.2, 0.25) is 0 Å². The molecule has 0 bridgehead atoms. The lowest BCUT2D eigenvalue weighted by atomic mass is 10.0. The lowest BCUT2D eigenvalue weighted by molar-refractivity contribution is -0.149. The minimum atomic E-state index is -3.49. The number of hydrogen-bond donors (Lipinski definition) is 0. The van der Waals surface area contributed by atoms with E-state index in [1.54, 1.807) is 6.92 Å². The highest BCUT2D eigenvalue weighted by Gasteiger charge is 2.36. The molecule has 0 N–H and O–H groups in total. The van der Waals surface area contributed by atoms with Gasteiger partial charge in [-0.25, -0.2) is 0 Å². The van der Waals surface area contributed by atoms with E-state index in [0.29, 0.717) is 52.3 Å². The molecule has 2 aliphatic heterocycles. The Morgan fingerprint density at radius 3 is 2.60 bits per heavy atom. The molecule has 2 rings (SSSR count). The molecule has 2 saturated heterocycles. The van der Waals surface area contributed by atoms with Crippen molar-refractivity contribution in [2.75, 3.05) is 46.0 Å². The first-order valence-electron chi connectivity index (χ1n) is 7.05. The third-order valence-corrected chi connectivity index (χ3v) is 5.63. The fraction of sp³-hybridized carbons (Fsp3) is 0.917. The molecule has 0 amide bonds. The van der Waals surface area contributed by atoms with Crippen LogP contribution in [0.1, 0.15) is 19.8 Å². The molecule has 0 aromatic heterocycles. The van der Waals surface area contributed by atoms with Crippen LogP contribution in [0.3, 0.4) is 0 Å². The second-order valence-electron chi connectivity index (χ2n) is 4.97. The van der Waals surface area contributed by atoms with Gasteiger partial charge in [-0.2, -0.15) is 17.0 Å². The summed E-state index contributed by atoms with van der Waals surface area (Å²) < 4.78 is 38.0. The van der Waals surface area contributed by atoms with Gasteiger partial charge in [-0.05, 0) is 19.8 Å². The van der Waals surface area contributed by atoms with Gasteiger partial charge in [-0.3, -0.25) is 4.79 Å². The van der Waals surface area contributed by atoms with Gasteiger partial charge in [0, 0.05) is 26.2 Å². The van der Waals surface area contributed by atoms with Gasteiger partial charge in [0.25, 0.3) is 10.2 Å². The van der Waals surface area contributed by atoms with Gasteiger partial charge >= 0.3 is 5.97 Å². The minimum Gasteiger partial charge on any atom is -0.466 e. The van der Waals surface area contributed by atoms with Crippen molar-refractivity contribution in [3.05, 3.63) is 0 Å². The first kappa shape index (κ1) is 15.7. The van der Waals surface area contributed by atoms with Crippen LogP contribution in [0.4, 0.5) is 0 Å². The second-order valence-corrected chi connectivity index (χ2v) is 6.90. The first-order chi connectivity index (χ1) is 9.55. The Balaban J connectivity index is 2.01. The number of ether oxygens (including phenoxy) is 2. The molecule has 0 spiro atoms. The molecule has 2 fully saturated rings. The van der Waals surface area contributed by atoms with Gasteiger partial charge in [0.2, 0.25) is 0 Å². The van der Waals surface area contributed by atoms with Crippen molar-refractivity contribution >= 4 is 16.2 Å². The average molecular weight is 306 g/mol. The molecule has 1 unspecified atom stereocenters. The highest BCUT2D eigenvalue weighted by atomic mass is 32.2. The van der Waals surface area contributed by atoms with Crippen molar-refractivity contribution in [1.29, 1.82) is 0 Å². The summed E-state index contributed by atoms with van der Waals surface area (Å²) in [6.07, 6.45) is 1.38. The van der Waals surface area contributed by atoms with Crippen LogP contribution in [0, 0.1) is 5.92 Å². The topological polar surface area (TPSA) is 76.2 Å². The Bertz CT molecular complexity index is 433. The van der Waals surface area contributed by atoms with Crippen LogP contribution in [-0.2, 0) is 24.5 Å². The summed E-state index contributed by atoms with van der Waals surface area (Å²) in [5.74, 6) is -0.645. The van der Waals surface area contributed by atoms with Crippen molar-refractivity contribution in [2.45, 2.75) is 19.8 Å². The van der Waals surface area contributed by atoms with E-state index in [9.17, 15) is 13.2 Å². The van der Waals surface area contributed by atoms with Gasteiger partial charge in [0.1, 0.15) is 0 Å². The Morgan fingerprint density at radius 2 is 1.95 bits per heavy atom. The lowest BCUT2D eigenvalue weighted by Gasteiger charge is -2.35. The summed E-state index contributed by atoms with van der Waals surface area (Å²) in [6.45, 7) is 4.37. The van der Waals surface area contributed by atoms with E-state index in [1.165, 1.54) is 8.61 Å². The molecular formula is C12H22N2O5S. The number of carbonyl (C=O) groups is 1. The van der Waals surface area contributed by atoms with Crippen molar-refractivity contribution < 1.29 is 22.7 Å². The van der Waals surface area contributed by atoms with E-state index in [0.717, 1.165) is 0 Å². The summed E-state index contributed by atoms with van der Waals surface area (Å²) in [6, 6.07) is 0. The molecule has 0 aliphatic carbocycles. The number of nitrogens with zero attached hydrogens (tertiary/aromatic N) is 2. The van der Waals surface area contributed by atoms with Gasteiger partial charge in [-0.15, -0.1) is 0 Å². The van der Waals surface area contributed by atoms with Crippen molar-refractivity contribution in [1.82, 2.24) is 8.61 Å². The molecule has 2 aliphatic rings. The molecule has 0 radical (unpaired) electrons. The Morgan fingerprint density at radius 1 is 1.25 bits per heavy atom. The minimum absolute atomic E-state index is 0.221. The number of esters is 1. The fourth-order valence-corrected chi connectivity index (χ4v) is 4.21. The number of morpholine rings is 1. The predicted molar refractivity (Wildman–Crippen MR) is 72.2 cm³/mol. The third kappa shape index (κ3) is 3.49. The summed E-state index contributed by atoms with van der Waals surface area (Å²) in [5.41, 5.74) is 0. The van der Waals surface area contributed by atoms with Crippen molar-refractivity contribution in [2.24, 2.45) is 5.92 Å². The standard InChI is InChI=1S/C12H22N2O5S/c1-2-19-12(15)11-4-3-5-14(10-11)20(16,17)13-6-8-18-9-7-13/h11H,2-10H2,1H3. The maximum Gasteiger partial charge on any atom is 0.310 e. The molecule has 116 valence electrons. The van der Waals surface area contributed by atoms with Gasteiger partial charge in [-0.1, -0.05) is 0 Å². The summed E-state index contributed by atoms with van der Waals surface area (Å²) >= 11 is 0. The smallest absolute Gasteiger partial charge is 0.310 e. The summed E-state index contributed by atoms with van der Waals surface area (Å²) in [4.78, 5) is 11.8. The number of hydrogen-bond acceptors (Lipinski definition) is 5. The van der Waals surface area contributed by atoms with Crippen molar-refractivity contribution in [3.63, 3.8) is 0 Å². The maximum absolute atomic E-state index is 12.5. The molecule has 7 nitrogen and oxygen atoms in total. The third-order valence-electron chi connectivity index (χ3n) is 3.63. The van der Waals surface area contributed by atoms with Crippen LogP contribution in [0.5, 0.6) is 0 Å². The predicted octanol–water partition coefficient (Wildman–Crippen LogP) is -0.161. The van der Waals surface area contributed by atoms with Crippen LogP contribution in [-0.4, -0.2) is 69.0 Å². The van der Waals surface area contributed by atoms with Gasteiger partial charge in [0.15, 0.2) is 0 Å². The number of carbonyl (C=O) groups excluding carboxylic acids is 1. The number of rotatable bonds is 4. The largest absolute Gasteiger partial charge is 0.466 e. The highest BCUT2D eigenvalue weighted by Crippen LogP contribution is 2.22. The Labute approximate surface area is 120 Å². The lowest BCUT2D eigenvalue weighted by Crippen LogP contribution is -2.52. The molecule has 1 atom stereocenters. The first-order valence-corrected chi connectivity index (χ1v) is 8.45. The van der Waals surface area contributed by atoms with Crippen molar-refractivity contribution in [3.8, 4) is 0 Å². The SMILES string of the molecule is CCOC(=O)C1CCCN(S(=O)(=O)N2CCOCC2)C1. The molecule has 0 aromatic rings. The zero-order valence-corrected chi connectivity index (χ0v) is 12.6. The van der Waals surface area contributed by atoms with Crippen LogP contribution in [0.15, 0.2) is 0 Å². The molecule has 2 heterocycles. The van der Waals surface area contributed by atoms with Crippen LogP contribution in [0.25, 0.3) is 0 Å². The molecular weight excluding hydrogens is 284 g/mol. The monoisotopic (exact) mass is 306 g/mol. The number of piperidine rings is 1. The average Bonchev–Trinajstić information content (AvgIpc) is 2.48. The quantitative estimate of drug-likeness (QED) is 0.675. The Hall–Kier alpha value is -0.700. The molecule has 0 aromatic carbocycles. The van der Waals surface area contributed by atoms with Gasteiger partial charge in [0.05, 0.1) is 25.7 Å². The maximum atomic E-state index is 12.5. The van der Waals surface area contributed by atoms with E-state index in [1.807, 2.05) is 0 Å². The zero-order valence-electron chi connectivity index (χ0n) is 11.8. The highest BCUT2D eigenvalue weighted by molar-refractivity contribution is 7.86. The summed E-state index contributed by atoms with van der Waals surface area (Å²) in [7, 11) is -3.49. The van der Waals surface area contributed by atoms with E-state index in [4.69, 9.17) is 9.47 Å². The van der Waals surface area contributed by atoms with Crippen LogP contribution >= 0.6 is 0 Å².